The van der Waals surface area contributed by atoms with Gasteiger partial charge in [-0.05, 0) is 27.7 Å². The highest BCUT2D eigenvalue weighted by atomic mass is 16.6. The van der Waals surface area contributed by atoms with Crippen molar-refractivity contribution >= 4 is 12.1 Å². The van der Waals surface area contributed by atoms with Crippen LogP contribution in [0.3, 0.4) is 0 Å². The molecule has 0 radical (unpaired) electrons. The molecule has 0 heterocycles. The minimum absolute atomic E-state index is 0.217. The minimum atomic E-state index is -0.485. The zero-order valence-corrected chi connectivity index (χ0v) is 11.7. The van der Waals surface area contributed by atoms with Crippen molar-refractivity contribution in [2.75, 3.05) is 26.2 Å². The number of rotatable bonds is 7. The van der Waals surface area contributed by atoms with Crippen LogP contribution < -0.4 is 10.6 Å². The smallest absolute Gasteiger partial charge is 0.407 e. The Kier molecular flexibility index (Phi) is 8.11. The predicted molar refractivity (Wildman–Crippen MR) is 68.4 cm³/mol. The zero-order chi connectivity index (χ0) is 14.0. The summed E-state index contributed by atoms with van der Waals surface area (Å²) in [5.41, 5.74) is -0.485. The summed E-state index contributed by atoms with van der Waals surface area (Å²) in [5.74, 6) is -0.217. The highest BCUT2D eigenvalue weighted by Crippen LogP contribution is 2.05. The van der Waals surface area contributed by atoms with E-state index < -0.39 is 11.7 Å². The van der Waals surface area contributed by atoms with E-state index in [2.05, 4.69) is 10.6 Å². The maximum atomic E-state index is 11.2. The van der Waals surface area contributed by atoms with Gasteiger partial charge in [0.2, 0.25) is 0 Å². The Morgan fingerprint density at radius 2 is 1.78 bits per heavy atom. The van der Waals surface area contributed by atoms with Crippen molar-refractivity contribution < 1.29 is 19.1 Å². The van der Waals surface area contributed by atoms with E-state index in [-0.39, 0.29) is 5.97 Å². The average molecular weight is 260 g/mol. The van der Waals surface area contributed by atoms with Gasteiger partial charge in [-0.25, -0.2) is 4.79 Å². The second-order valence-electron chi connectivity index (χ2n) is 4.73. The molecule has 0 fully saturated rings. The number of carbonyl (C=O) groups excluding carboxylic acids is 2. The van der Waals surface area contributed by atoms with E-state index in [4.69, 9.17) is 9.47 Å². The predicted octanol–water partition coefficient (Wildman–Crippen LogP) is 1.05. The van der Waals surface area contributed by atoms with Crippen LogP contribution >= 0.6 is 0 Å². The fraction of sp³-hybridized carbons (Fsp3) is 0.833. The monoisotopic (exact) mass is 260 g/mol. The fourth-order valence-electron chi connectivity index (χ4n) is 1.12. The summed E-state index contributed by atoms with van der Waals surface area (Å²) in [5, 5.41) is 5.63. The van der Waals surface area contributed by atoms with Gasteiger partial charge in [-0.1, -0.05) is 0 Å². The number of ether oxygens (including phenoxy) is 2. The highest BCUT2D eigenvalue weighted by molar-refractivity contribution is 5.69. The first-order valence-corrected chi connectivity index (χ1v) is 6.18. The summed E-state index contributed by atoms with van der Waals surface area (Å²) >= 11 is 0. The van der Waals surface area contributed by atoms with Gasteiger partial charge in [0, 0.05) is 19.6 Å². The third-order valence-corrected chi connectivity index (χ3v) is 1.78. The van der Waals surface area contributed by atoms with Crippen LogP contribution in [0, 0.1) is 0 Å². The maximum Gasteiger partial charge on any atom is 0.407 e. The van der Waals surface area contributed by atoms with Gasteiger partial charge in [-0.2, -0.15) is 0 Å². The summed E-state index contributed by atoms with van der Waals surface area (Å²) in [7, 11) is 0. The number of alkyl carbamates (subject to hydrolysis) is 1. The van der Waals surface area contributed by atoms with Crippen molar-refractivity contribution in [3.05, 3.63) is 0 Å². The van der Waals surface area contributed by atoms with Crippen LogP contribution in [0.1, 0.15) is 34.1 Å². The fourth-order valence-corrected chi connectivity index (χ4v) is 1.12. The molecule has 0 aliphatic carbocycles. The van der Waals surface area contributed by atoms with Crippen molar-refractivity contribution in [2.24, 2.45) is 0 Å². The summed E-state index contributed by atoms with van der Waals surface area (Å²) < 4.78 is 9.84. The molecule has 0 aliphatic heterocycles. The van der Waals surface area contributed by atoms with Crippen molar-refractivity contribution in [2.45, 2.75) is 39.7 Å². The van der Waals surface area contributed by atoms with Crippen molar-refractivity contribution in [1.29, 1.82) is 0 Å². The Bertz CT molecular complexity index is 261. The number of hydrogen-bond donors (Lipinski definition) is 2. The van der Waals surface area contributed by atoms with Crippen LogP contribution in [-0.4, -0.2) is 43.9 Å². The van der Waals surface area contributed by atoms with Crippen LogP contribution in [0.25, 0.3) is 0 Å². The van der Waals surface area contributed by atoms with Crippen LogP contribution in [0.4, 0.5) is 4.79 Å². The number of carbonyl (C=O) groups is 2. The first-order valence-electron chi connectivity index (χ1n) is 6.18. The molecular weight excluding hydrogens is 236 g/mol. The molecule has 0 saturated heterocycles. The van der Waals surface area contributed by atoms with Gasteiger partial charge in [0.05, 0.1) is 13.0 Å². The summed E-state index contributed by atoms with van der Waals surface area (Å²) in [6.45, 7) is 9.18. The number of amides is 1. The van der Waals surface area contributed by atoms with E-state index in [1.165, 1.54) is 0 Å². The average Bonchev–Trinajstić information content (AvgIpc) is 2.21. The molecule has 6 heteroatoms. The lowest BCUT2D eigenvalue weighted by Gasteiger charge is -2.19. The third-order valence-electron chi connectivity index (χ3n) is 1.78. The highest BCUT2D eigenvalue weighted by Gasteiger charge is 2.15. The Hall–Kier alpha value is -1.30. The molecule has 0 atom stereocenters. The van der Waals surface area contributed by atoms with Gasteiger partial charge in [0.15, 0.2) is 0 Å². The molecule has 0 aromatic heterocycles. The second-order valence-corrected chi connectivity index (χ2v) is 4.73. The van der Waals surface area contributed by atoms with Crippen LogP contribution in [0.2, 0.25) is 0 Å². The summed E-state index contributed by atoms with van der Waals surface area (Å²) in [4.78, 5) is 22.2. The molecule has 6 nitrogen and oxygen atoms in total. The molecular formula is C12H24N2O4. The first-order chi connectivity index (χ1) is 8.35. The molecule has 0 bridgehead atoms. The molecule has 0 aromatic rings. The molecule has 106 valence electrons. The van der Waals surface area contributed by atoms with Crippen molar-refractivity contribution in [3.63, 3.8) is 0 Å². The standard InChI is InChI=1S/C12H24N2O4/c1-5-17-10(15)6-7-13-8-9-14-11(16)18-12(2,3)4/h13H,5-9H2,1-4H3,(H,14,16). The van der Waals surface area contributed by atoms with E-state index in [0.717, 1.165) is 0 Å². The van der Waals surface area contributed by atoms with Crippen molar-refractivity contribution in [1.82, 2.24) is 10.6 Å². The molecule has 0 aliphatic rings. The van der Waals surface area contributed by atoms with E-state index in [1.54, 1.807) is 6.92 Å². The summed E-state index contributed by atoms with van der Waals surface area (Å²) in [6.07, 6.45) is -0.102. The lowest BCUT2D eigenvalue weighted by molar-refractivity contribution is -0.142. The van der Waals surface area contributed by atoms with Crippen LogP contribution in [0.5, 0.6) is 0 Å². The summed E-state index contributed by atoms with van der Waals surface area (Å²) in [6, 6.07) is 0. The zero-order valence-electron chi connectivity index (χ0n) is 11.7. The Balaban J connectivity index is 3.41. The number of nitrogens with one attached hydrogen (secondary N) is 2. The lowest BCUT2D eigenvalue weighted by atomic mass is 10.2. The molecule has 0 spiro atoms. The molecule has 2 N–H and O–H groups in total. The largest absolute Gasteiger partial charge is 0.466 e. The molecule has 0 unspecified atom stereocenters. The molecule has 0 rings (SSSR count). The van der Waals surface area contributed by atoms with Gasteiger partial charge in [0.25, 0.3) is 0 Å². The first kappa shape index (κ1) is 16.7. The SMILES string of the molecule is CCOC(=O)CCNCCNC(=O)OC(C)(C)C. The van der Waals surface area contributed by atoms with Crippen molar-refractivity contribution in [3.8, 4) is 0 Å². The second kappa shape index (κ2) is 8.74. The molecule has 0 aromatic carbocycles. The normalized spacial score (nSPS) is 10.9. The Morgan fingerprint density at radius 3 is 2.33 bits per heavy atom. The Morgan fingerprint density at radius 1 is 1.11 bits per heavy atom. The minimum Gasteiger partial charge on any atom is -0.466 e. The quantitative estimate of drug-likeness (QED) is 0.528. The van der Waals surface area contributed by atoms with E-state index in [9.17, 15) is 9.59 Å². The number of hydrogen-bond acceptors (Lipinski definition) is 5. The maximum absolute atomic E-state index is 11.2. The van der Waals surface area contributed by atoms with E-state index >= 15 is 0 Å². The molecule has 1 amide bonds. The molecule has 18 heavy (non-hydrogen) atoms. The van der Waals surface area contributed by atoms with E-state index in [0.29, 0.717) is 32.7 Å². The molecule has 0 saturated carbocycles. The van der Waals surface area contributed by atoms with Crippen LogP contribution in [-0.2, 0) is 14.3 Å². The van der Waals surface area contributed by atoms with E-state index in [1.807, 2.05) is 20.8 Å². The Labute approximate surface area is 108 Å². The van der Waals surface area contributed by atoms with Gasteiger partial charge >= 0.3 is 12.1 Å². The van der Waals surface area contributed by atoms with Gasteiger partial charge in [-0.15, -0.1) is 0 Å². The van der Waals surface area contributed by atoms with Gasteiger partial charge < -0.3 is 20.1 Å². The van der Waals surface area contributed by atoms with Crippen LogP contribution in [0.15, 0.2) is 0 Å². The third kappa shape index (κ3) is 11.2. The topological polar surface area (TPSA) is 76.7 Å². The number of esters is 1. The van der Waals surface area contributed by atoms with Gasteiger partial charge in [0.1, 0.15) is 5.60 Å². The van der Waals surface area contributed by atoms with Gasteiger partial charge in [-0.3, -0.25) is 4.79 Å². The lowest BCUT2D eigenvalue weighted by Crippen LogP contribution is -2.36.